The summed E-state index contributed by atoms with van der Waals surface area (Å²) < 4.78 is 16.5. The summed E-state index contributed by atoms with van der Waals surface area (Å²) in [5.74, 6) is 2.50. The molecule has 144 valence electrons. The fourth-order valence-corrected chi connectivity index (χ4v) is 3.28. The molecule has 0 atom stereocenters. The molecule has 0 N–H and O–H groups in total. The Bertz CT molecular complexity index is 712. The summed E-state index contributed by atoms with van der Waals surface area (Å²) in [7, 11) is 3.32. The molecule has 1 saturated heterocycles. The van der Waals surface area contributed by atoms with E-state index in [2.05, 4.69) is 29.2 Å². The third-order valence-corrected chi connectivity index (χ3v) is 4.81. The standard InChI is InChI=1S/C23H29NO3/c1-25-22-16-20(17-23(18-22)26-2)7-6-19-8-10-21(11-9-19)27-15-5-14-24-12-3-4-13-24/h6-11,16-18H,3-5,12-15H2,1-2H3/b7-6+. The highest BCUT2D eigenvalue weighted by molar-refractivity contribution is 5.71. The van der Waals surface area contributed by atoms with Gasteiger partial charge in [-0.05, 0) is 67.7 Å². The lowest BCUT2D eigenvalue weighted by Crippen LogP contribution is -2.21. The summed E-state index contributed by atoms with van der Waals surface area (Å²) in [5, 5.41) is 0. The molecule has 1 heterocycles. The average molecular weight is 367 g/mol. The molecule has 0 radical (unpaired) electrons. The summed E-state index contributed by atoms with van der Waals surface area (Å²) in [4.78, 5) is 2.52. The maximum atomic E-state index is 5.86. The van der Waals surface area contributed by atoms with Crippen LogP contribution in [0.4, 0.5) is 0 Å². The predicted molar refractivity (Wildman–Crippen MR) is 111 cm³/mol. The smallest absolute Gasteiger partial charge is 0.123 e. The van der Waals surface area contributed by atoms with E-state index >= 15 is 0 Å². The van der Waals surface area contributed by atoms with E-state index in [1.165, 1.54) is 25.9 Å². The number of likely N-dealkylation sites (tertiary alicyclic amines) is 1. The third kappa shape index (κ3) is 6.04. The lowest BCUT2D eigenvalue weighted by atomic mass is 10.1. The van der Waals surface area contributed by atoms with E-state index in [1.54, 1.807) is 14.2 Å². The molecule has 0 spiro atoms. The van der Waals surface area contributed by atoms with E-state index < -0.39 is 0 Å². The second kappa shape index (κ2) is 10.0. The van der Waals surface area contributed by atoms with E-state index in [-0.39, 0.29) is 0 Å². The average Bonchev–Trinajstić information content (AvgIpc) is 3.23. The molecule has 2 aromatic carbocycles. The van der Waals surface area contributed by atoms with E-state index in [0.717, 1.165) is 47.9 Å². The van der Waals surface area contributed by atoms with Crippen LogP contribution in [0, 0.1) is 0 Å². The Morgan fingerprint density at radius 1 is 0.815 bits per heavy atom. The molecule has 1 fully saturated rings. The molecule has 3 rings (SSSR count). The summed E-state index contributed by atoms with van der Waals surface area (Å²) in [5.41, 5.74) is 2.16. The van der Waals surface area contributed by atoms with Crippen molar-refractivity contribution in [3.63, 3.8) is 0 Å². The number of nitrogens with zero attached hydrogens (tertiary/aromatic N) is 1. The van der Waals surface area contributed by atoms with Crippen molar-refractivity contribution in [2.75, 3.05) is 40.5 Å². The highest BCUT2D eigenvalue weighted by atomic mass is 16.5. The molecule has 1 aliphatic rings. The van der Waals surface area contributed by atoms with Gasteiger partial charge in [-0.2, -0.15) is 0 Å². The Labute approximate surface area is 162 Å². The monoisotopic (exact) mass is 367 g/mol. The second-order valence-electron chi connectivity index (χ2n) is 6.80. The Kier molecular flexibility index (Phi) is 7.17. The number of hydrogen-bond acceptors (Lipinski definition) is 4. The molecule has 4 heteroatoms. The minimum absolute atomic E-state index is 0.773. The lowest BCUT2D eigenvalue weighted by Gasteiger charge is -2.14. The summed E-state index contributed by atoms with van der Waals surface area (Å²) in [6, 6.07) is 14.0. The zero-order valence-corrected chi connectivity index (χ0v) is 16.3. The quantitative estimate of drug-likeness (QED) is 0.473. The zero-order valence-electron chi connectivity index (χ0n) is 16.3. The summed E-state index contributed by atoms with van der Waals surface area (Å²) in [6.45, 7) is 4.42. The first-order valence-electron chi connectivity index (χ1n) is 9.63. The second-order valence-corrected chi connectivity index (χ2v) is 6.80. The molecule has 0 aromatic heterocycles. The maximum absolute atomic E-state index is 5.86. The van der Waals surface area contributed by atoms with Gasteiger partial charge in [0.2, 0.25) is 0 Å². The molecule has 0 amide bonds. The van der Waals surface area contributed by atoms with Crippen molar-refractivity contribution >= 4 is 12.2 Å². The summed E-state index contributed by atoms with van der Waals surface area (Å²) in [6.07, 6.45) is 7.90. The van der Waals surface area contributed by atoms with Gasteiger partial charge in [-0.15, -0.1) is 0 Å². The van der Waals surface area contributed by atoms with Crippen molar-refractivity contribution in [2.45, 2.75) is 19.3 Å². The molecule has 0 unspecified atom stereocenters. The van der Waals surface area contributed by atoms with Gasteiger partial charge < -0.3 is 19.1 Å². The van der Waals surface area contributed by atoms with Gasteiger partial charge in [-0.3, -0.25) is 0 Å². The zero-order chi connectivity index (χ0) is 18.9. The number of hydrogen-bond donors (Lipinski definition) is 0. The van der Waals surface area contributed by atoms with Crippen molar-refractivity contribution in [3.8, 4) is 17.2 Å². The minimum atomic E-state index is 0.773. The van der Waals surface area contributed by atoms with Crippen LogP contribution >= 0.6 is 0 Å². The van der Waals surface area contributed by atoms with E-state index in [0.29, 0.717) is 0 Å². The van der Waals surface area contributed by atoms with Gasteiger partial charge in [0.15, 0.2) is 0 Å². The molecule has 27 heavy (non-hydrogen) atoms. The van der Waals surface area contributed by atoms with Crippen LogP contribution < -0.4 is 14.2 Å². The SMILES string of the molecule is COc1cc(/C=C/c2ccc(OCCCN3CCCC3)cc2)cc(OC)c1. The number of methoxy groups -OCH3 is 2. The van der Waals surface area contributed by atoms with Crippen LogP contribution in [0.2, 0.25) is 0 Å². The van der Waals surface area contributed by atoms with Crippen molar-refractivity contribution in [3.05, 3.63) is 53.6 Å². The molecule has 0 saturated carbocycles. The molecular formula is C23H29NO3. The Morgan fingerprint density at radius 2 is 1.44 bits per heavy atom. The van der Waals surface area contributed by atoms with Crippen LogP contribution in [-0.2, 0) is 0 Å². The van der Waals surface area contributed by atoms with Crippen LogP contribution in [0.5, 0.6) is 17.2 Å². The highest BCUT2D eigenvalue weighted by Gasteiger charge is 2.10. The highest BCUT2D eigenvalue weighted by Crippen LogP contribution is 2.24. The first kappa shape index (κ1) is 19.3. The number of benzene rings is 2. The van der Waals surface area contributed by atoms with Gasteiger partial charge in [0.05, 0.1) is 20.8 Å². The molecule has 0 aliphatic carbocycles. The van der Waals surface area contributed by atoms with Crippen molar-refractivity contribution in [1.82, 2.24) is 4.90 Å². The van der Waals surface area contributed by atoms with Gasteiger partial charge in [-0.25, -0.2) is 0 Å². The van der Waals surface area contributed by atoms with Crippen LogP contribution in [0.3, 0.4) is 0 Å². The largest absolute Gasteiger partial charge is 0.497 e. The fraction of sp³-hybridized carbons (Fsp3) is 0.391. The van der Waals surface area contributed by atoms with E-state index in [1.807, 2.05) is 30.3 Å². The first-order valence-corrected chi connectivity index (χ1v) is 9.63. The maximum Gasteiger partial charge on any atom is 0.123 e. The number of ether oxygens (including phenoxy) is 3. The molecule has 0 bridgehead atoms. The van der Waals surface area contributed by atoms with Crippen molar-refractivity contribution < 1.29 is 14.2 Å². The van der Waals surface area contributed by atoms with Gasteiger partial charge in [-0.1, -0.05) is 24.3 Å². The van der Waals surface area contributed by atoms with Gasteiger partial charge in [0.1, 0.15) is 17.2 Å². The van der Waals surface area contributed by atoms with Crippen molar-refractivity contribution in [1.29, 1.82) is 0 Å². The van der Waals surface area contributed by atoms with Crippen LogP contribution in [0.15, 0.2) is 42.5 Å². The molecule has 1 aliphatic heterocycles. The normalized spacial score (nSPS) is 14.6. The predicted octanol–water partition coefficient (Wildman–Crippen LogP) is 4.74. The van der Waals surface area contributed by atoms with Gasteiger partial charge in [0.25, 0.3) is 0 Å². The van der Waals surface area contributed by atoms with Gasteiger partial charge in [0, 0.05) is 12.6 Å². The van der Waals surface area contributed by atoms with E-state index in [4.69, 9.17) is 14.2 Å². The minimum Gasteiger partial charge on any atom is -0.497 e. The Balaban J connectivity index is 1.50. The van der Waals surface area contributed by atoms with Crippen molar-refractivity contribution in [2.24, 2.45) is 0 Å². The molecule has 4 nitrogen and oxygen atoms in total. The van der Waals surface area contributed by atoms with Gasteiger partial charge >= 0.3 is 0 Å². The molecular weight excluding hydrogens is 338 g/mol. The number of rotatable bonds is 9. The lowest BCUT2D eigenvalue weighted by molar-refractivity contribution is 0.263. The van der Waals surface area contributed by atoms with Crippen LogP contribution in [-0.4, -0.2) is 45.4 Å². The molecule has 2 aromatic rings. The third-order valence-electron chi connectivity index (χ3n) is 4.81. The topological polar surface area (TPSA) is 30.9 Å². The Hall–Kier alpha value is -2.46. The first-order chi connectivity index (χ1) is 13.3. The summed E-state index contributed by atoms with van der Waals surface area (Å²) >= 11 is 0. The fourth-order valence-electron chi connectivity index (χ4n) is 3.28. The van der Waals surface area contributed by atoms with Crippen LogP contribution in [0.1, 0.15) is 30.4 Å². The van der Waals surface area contributed by atoms with E-state index in [9.17, 15) is 0 Å². The van der Waals surface area contributed by atoms with Crippen LogP contribution in [0.25, 0.3) is 12.2 Å². The Morgan fingerprint density at radius 3 is 2.07 bits per heavy atom.